The van der Waals surface area contributed by atoms with Gasteiger partial charge in [0.15, 0.2) is 0 Å². The van der Waals surface area contributed by atoms with Gasteiger partial charge in [0.1, 0.15) is 0 Å². The minimum atomic E-state index is -0.185. The molecule has 2 heterocycles. The van der Waals surface area contributed by atoms with Crippen LogP contribution >= 0.6 is 0 Å². The van der Waals surface area contributed by atoms with Crippen LogP contribution in [0.2, 0.25) is 0 Å². The van der Waals surface area contributed by atoms with E-state index in [1.54, 1.807) is 24.5 Å². The van der Waals surface area contributed by atoms with Gasteiger partial charge in [0.2, 0.25) is 5.91 Å². The molecule has 2 aromatic rings. The number of amides is 2. The average molecular weight is 324 g/mol. The summed E-state index contributed by atoms with van der Waals surface area (Å²) >= 11 is 0. The Morgan fingerprint density at radius 2 is 2.04 bits per heavy atom. The zero-order chi connectivity index (χ0) is 16.8. The van der Waals surface area contributed by atoms with E-state index in [2.05, 4.69) is 20.9 Å². The summed E-state index contributed by atoms with van der Waals surface area (Å²) in [5, 5.41) is 8.99. The van der Waals surface area contributed by atoms with Crippen molar-refractivity contribution < 1.29 is 9.59 Å². The van der Waals surface area contributed by atoms with Crippen molar-refractivity contribution in [2.24, 2.45) is 5.92 Å². The maximum absolute atomic E-state index is 12.1. The molecule has 2 amide bonds. The summed E-state index contributed by atoms with van der Waals surface area (Å²) in [5.41, 5.74) is 2.20. The molecule has 1 saturated heterocycles. The van der Waals surface area contributed by atoms with Gasteiger partial charge in [0.25, 0.3) is 5.91 Å². The molecule has 0 spiro atoms. The van der Waals surface area contributed by atoms with Gasteiger partial charge in [-0.1, -0.05) is 12.1 Å². The van der Waals surface area contributed by atoms with Crippen LogP contribution in [0.3, 0.4) is 0 Å². The van der Waals surface area contributed by atoms with Crippen molar-refractivity contribution in [3.8, 4) is 0 Å². The van der Waals surface area contributed by atoms with E-state index >= 15 is 0 Å². The number of rotatable bonds is 5. The number of hydrogen-bond acceptors (Lipinski definition) is 4. The van der Waals surface area contributed by atoms with Crippen LogP contribution in [0.5, 0.6) is 0 Å². The molecule has 0 radical (unpaired) electrons. The van der Waals surface area contributed by atoms with Crippen LogP contribution in [0.4, 0.5) is 5.69 Å². The van der Waals surface area contributed by atoms with Gasteiger partial charge in [-0.2, -0.15) is 0 Å². The normalized spacial score (nSPS) is 16.6. The molecule has 24 heavy (non-hydrogen) atoms. The number of pyridine rings is 1. The molecule has 6 heteroatoms. The quantitative estimate of drug-likeness (QED) is 0.779. The Balaban J connectivity index is 1.57. The van der Waals surface area contributed by atoms with Crippen molar-refractivity contribution in [1.82, 2.24) is 15.6 Å². The highest BCUT2D eigenvalue weighted by Crippen LogP contribution is 2.13. The van der Waals surface area contributed by atoms with E-state index in [4.69, 9.17) is 0 Å². The topological polar surface area (TPSA) is 83.1 Å². The van der Waals surface area contributed by atoms with E-state index < -0.39 is 0 Å². The Labute approximate surface area is 140 Å². The van der Waals surface area contributed by atoms with Gasteiger partial charge in [0.05, 0.1) is 5.92 Å². The lowest BCUT2D eigenvalue weighted by Gasteiger charge is -2.11. The van der Waals surface area contributed by atoms with E-state index in [0.29, 0.717) is 17.8 Å². The molecule has 1 unspecified atom stereocenters. The fourth-order valence-electron chi connectivity index (χ4n) is 2.68. The first-order chi connectivity index (χ1) is 11.7. The largest absolute Gasteiger partial charge is 0.352 e. The van der Waals surface area contributed by atoms with Crippen molar-refractivity contribution in [3.05, 3.63) is 59.9 Å². The first kappa shape index (κ1) is 16.1. The van der Waals surface area contributed by atoms with Gasteiger partial charge in [-0.05, 0) is 42.8 Å². The summed E-state index contributed by atoms with van der Waals surface area (Å²) in [6.45, 7) is 2.09. The minimum absolute atomic E-state index is 0.0552. The number of carbonyl (C=O) groups is 2. The second-order valence-electron chi connectivity index (χ2n) is 5.80. The third-order valence-electron chi connectivity index (χ3n) is 4.03. The second-order valence-corrected chi connectivity index (χ2v) is 5.80. The van der Waals surface area contributed by atoms with E-state index in [0.717, 1.165) is 25.1 Å². The zero-order valence-electron chi connectivity index (χ0n) is 13.3. The molecule has 1 aromatic heterocycles. The molecule has 0 saturated carbocycles. The van der Waals surface area contributed by atoms with Crippen molar-refractivity contribution in [1.29, 1.82) is 0 Å². The van der Waals surface area contributed by atoms with E-state index in [1.807, 2.05) is 24.3 Å². The van der Waals surface area contributed by atoms with Gasteiger partial charge in [-0.25, -0.2) is 0 Å². The lowest BCUT2D eigenvalue weighted by atomic mass is 10.1. The molecule has 6 nitrogen and oxygen atoms in total. The fraction of sp³-hybridized carbons (Fsp3) is 0.278. The highest BCUT2D eigenvalue weighted by Gasteiger charge is 2.21. The lowest BCUT2D eigenvalue weighted by Crippen LogP contribution is -2.31. The van der Waals surface area contributed by atoms with Crippen LogP contribution in [0.15, 0.2) is 48.8 Å². The fourth-order valence-corrected chi connectivity index (χ4v) is 2.68. The number of aromatic nitrogens is 1. The summed E-state index contributed by atoms with van der Waals surface area (Å²) < 4.78 is 0. The lowest BCUT2D eigenvalue weighted by molar-refractivity contribution is -0.124. The van der Waals surface area contributed by atoms with Crippen molar-refractivity contribution in [2.45, 2.75) is 13.0 Å². The third-order valence-corrected chi connectivity index (χ3v) is 4.03. The SMILES string of the molecule is O=C(Nc1cccc(CNC(=O)C2CCNC2)c1)c1ccncc1. The van der Waals surface area contributed by atoms with Crippen molar-refractivity contribution in [2.75, 3.05) is 18.4 Å². The summed E-state index contributed by atoms with van der Waals surface area (Å²) in [7, 11) is 0. The average Bonchev–Trinajstić information content (AvgIpc) is 3.15. The third kappa shape index (κ3) is 4.17. The highest BCUT2D eigenvalue weighted by atomic mass is 16.2. The van der Waals surface area contributed by atoms with E-state index in [1.165, 1.54) is 0 Å². The van der Waals surface area contributed by atoms with Crippen molar-refractivity contribution in [3.63, 3.8) is 0 Å². The first-order valence-corrected chi connectivity index (χ1v) is 8.01. The maximum atomic E-state index is 12.1. The molecule has 1 atom stereocenters. The number of nitrogens with one attached hydrogen (secondary N) is 3. The summed E-state index contributed by atoms with van der Waals surface area (Å²) in [5.74, 6) is -0.0542. The minimum Gasteiger partial charge on any atom is -0.352 e. The molecule has 0 aliphatic carbocycles. The molecule has 1 aromatic carbocycles. The zero-order valence-corrected chi connectivity index (χ0v) is 13.3. The number of carbonyl (C=O) groups excluding carboxylic acids is 2. The molecule has 3 rings (SSSR count). The van der Waals surface area contributed by atoms with Crippen LogP contribution in [0.25, 0.3) is 0 Å². The standard InChI is InChI=1S/C18H20N4O2/c23-17(15-6-9-20-12-15)21-11-13-2-1-3-16(10-13)22-18(24)14-4-7-19-8-5-14/h1-5,7-8,10,15,20H,6,9,11-12H2,(H,21,23)(H,22,24). The van der Waals surface area contributed by atoms with Crippen LogP contribution in [0.1, 0.15) is 22.3 Å². The van der Waals surface area contributed by atoms with E-state index in [-0.39, 0.29) is 17.7 Å². The molecule has 1 aliphatic heterocycles. The molecular weight excluding hydrogens is 304 g/mol. The number of benzene rings is 1. The Kier molecular flexibility index (Phi) is 5.18. The maximum Gasteiger partial charge on any atom is 0.255 e. The molecule has 1 aliphatic rings. The Morgan fingerprint density at radius 3 is 2.79 bits per heavy atom. The summed E-state index contributed by atoms with van der Waals surface area (Å²) in [6.07, 6.45) is 4.05. The number of nitrogens with zero attached hydrogens (tertiary/aromatic N) is 1. The van der Waals surface area contributed by atoms with Gasteiger partial charge >= 0.3 is 0 Å². The number of hydrogen-bond donors (Lipinski definition) is 3. The van der Waals surface area contributed by atoms with Crippen LogP contribution in [-0.2, 0) is 11.3 Å². The monoisotopic (exact) mass is 324 g/mol. The molecule has 0 bridgehead atoms. The first-order valence-electron chi connectivity index (χ1n) is 8.01. The van der Waals surface area contributed by atoms with Gasteiger partial charge < -0.3 is 16.0 Å². The summed E-state index contributed by atoms with van der Waals surface area (Å²) in [6, 6.07) is 10.8. The van der Waals surface area contributed by atoms with E-state index in [9.17, 15) is 9.59 Å². The number of anilines is 1. The highest BCUT2D eigenvalue weighted by molar-refractivity contribution is 6.04. The predicted molar refractivity (Wildman–Crippen MR) is 91.5 cm³/mol. The molecular formula is C18H20N4O2. The summed E-state index contributed by atoms with van der Waals surface area (Å²) in [4.78, 5) is 28.1. The van der Waals surface area contributed by atoms with Crippen LogP contribution in [0, 0.1) is 5.92 Å². The predicted octanol–water partition coefficient (Wildman–Crippen LogP) is 1.56. The second kappa shape index (κ2) is 7.70. The molecule has 124 valence electrons. The molecule has 1 fully saturated rings. The Morgan fingerprint density at radius 1 is 1.21 bits per heavy atom. The van der Waals surface area contributed by atoms with Gasteiger partial charge in [-0.15, -0.1) is 0 Å². The Hall–Kier alpha value is -2.73. The van der Waals surface area contributed by atoms with Crippen LogP contribution in [-0.4, -0.2) is 29.9 Å². The van der Waals surface area contributed by atoms with Gasteiger partial charge in [-0.3, -0.25) is 14.6 Å². The smallest absolute Gasteiger partial charge is 0.255 e. The Bertz CT molecular complexity index is 712. The van der Waals surface area contributed by atoms with Gasteiger partial charge in [0, 0.05) is 36.7 Å². The van der Waals surface area contributed by atoms with Crippen molar-refractivity contribution >= 4 is 17.5 Å². The van der Waals surface area contributed by atoms with Crippen LogP contribution < -0.4 is 16.0 Å². The molecule has 3 N–H and O–H groups in total.